The monoisotopic (exact) mass is 330 g/mol. The molecule has 0 saturated carbocycles. The zero-order valence-corrected chi connectivity index (χ0v) is 12.3. The lowest BCUT2D eigenvalue weighted by molar-refractivity contribution is 0.432. The average Bonchev–Trinajstić information content (AvgIpc) is 2.88. The van der Waals surface area contributed by atoms with Crippen LogP contribution in [-0.2, 0) is 0 Å². The van der Waals surface area contributed by atoms with Crippen LogP contribution in [0.4, 0.5) is 5.82 Å². The Morgan fingerprint density at radius 3 is 2.80 bits per heavy atom. The second-order valence-corrected chi connectivity index (χ2v) is 5.27. The van der Waals surface area contributed by atoms with Gasteiger partial charge in [0.05, 0.1) is 0 Å². The molecular weight excluding hydrogens is 320 g/mol. The van der Waals surface area contributed by atoms with E-state index in [0.29, 0.717) is 17.5 Å². The molecule has 0 spiro atoms. The van der Waals surface area contributed by atoms with E-state index in [2.05, 4.69) is 31.1 Å². The van der Waals surface area contributed by atoms with Crippen LogP contribution in [0.1, 0.15) is 5.56 Å². The molecular formula is C14H11BrN4O. The molecule has 0 amide bonds. The van der Waals surface area contributed by atoms with Gasteiger partial charge in [-0.05, 0) is 42.8 Å². The summed E-state index contributed by atoms with van der Waals surface area (Å²) in [4.78, 5) is 8.34. The maximum atomic E-state index is 5.65. The molecule has 2 N–H and O–H groups in total. The Morgan fingerprint density at radius 1 is 1.20 bits per heavy atom. The second kappa shape index (κ2) is 5.05. The molecule has 0 aliphatic carbocycles. The van der Waals surface area contributed by atoms with Crippen molar-refractivity contribution in [2.24, 2.45) is 0 Å². The Labute approximate surface area is 124 Å². The van der Waals surface area contributed by atoms with Crippen LogP contribution in [0, 0.1) is 6.92 Å². The first-order valence-corrected chi connectivity index (χ1v) is 6.75. The Kier molecular flexibility index (Phi) is 3.23. The number of hydrogen-bond donors (Lipinski definition) is 1. The van der Waals surface area contributed by atoms with E-state index in [1.54, 1.807) is 18.3 Å². The summed E-state index contributed by atoms with van der Waals surface area (Å²) in [6, 6.07) is 9.39. The number of rotatable bonds is 2. The molecule has 2 heterocycles. The summed E-state index contributed by atoms with van der Waals surface area (Å²) in [7, 11) is 0. The van der Waals surface area contributed by atoms with Gasteiger partial charge in [-0.25, -0.2) is 4.98 Å². The molecule has 100 valence electrons. The lowest BCUT2D eigenvalue weighted by Gasteiger charge is -2.00. The van der Waals surface area contributed by atoms with Crippen molar-refractivity contribution in [3.8, 4) is 22.8 Å². The molecule has 0 radical (unpaired) electrons. The molecule has 2 aromatic heterocycles. The average molecular weight is 331 g/mol. The summed E-state index contributed by atoms with van der Waals surface area (Å²) in [5.74, 6) is 1.40. The number of anilines is 1. The number of nitrogens with zero attached hydrogens (tertiary/aromatic N) is 3. The Balaban J connectivity index is 2.02. The van der Waals surface area contributed by atoms with E-state index in [0.717, 1.165) is 21.2 Å². The van der Waals surface area contributed by atoms with Crippen molar-refractivity contribution < 1.29 is 4.52 Å². The van der Waals surface area contributed by atoms with Crippen LogP contribution in [0.3, 0.4) is 0 Å². The van der Waals surface area contributed by atoms with Gasteiger partial charge in [0.25, 0.3) is 5.89 Å². The molecule has 6 heteroatoms. The SMILES string of the molecule is Cc1cc(Br)ccc1-c1noc(-c2ccnc(N)c2)n1. The van der Waals surface area contributed by atoms with E-state index in [1.807, 2.05) is 25.1 Å². The quantitative estimate of drug-likeness (QED) is 0.778. The van der Waals surface area contributed by atoms with Gasteiger partial charge in [-0.15, -0.1) is 0 Å². The van der Waals surface area contributed by atoms with E-state index in [4.69, 9.17) is 10.3 Å². The minimum absolute atomic E-state index is 0.419. The molecule has 0 unspecified atom stereocenters. The molecule has 3 aromatic rings. The van der Waals surface area contributed by atoms with Crippen molar-refractivity contribution in [2.75, 3.05) is 5.73 Å². The summed E-state index contributed by atoms with van der Waals surface area (Å²) in [6.45, 7) is 2.00. The van der Waals surface area contributed by atoms with Gasteiger partial charge in [0.1, 0.15) is 5.82 Å². The van der Waals surface area contributed by atoms with Crippen molar-refractivity contribution >= 4 is 21.7 Å². The zero-order chi connectivity index (χ0) is 14.1. The fourth-order valence-electron chi connectivity index (χ4n) is 1.91. The molecule has 0 fully saturated rings. The van der Waals surface area contributed by atoms with Crippen LogP contribution in [0.5, 0.6) is 0 Å². The van der Waals surface area contributed by atoms with Crippen LogP contribution in [0.25, 0.3) is 22.8 Å². The zero-order valence-electron chi connectivity index (χ0n) is 10.7. The largest absolute Gasteiger partial charge is 0.384 e. The van der Waals surface area contributed by atoms with Crippen LogP contribution < -0.4 is 5.73 Å². The van der Waals surface area contributed by atoms with Gasteiger partial charge in [-0.2, -0.15) is 4.98 Å². The Hall–Kier alpha value is -2.21. The smallest absolute Gasteiger partial charge is 0.258 e. The first kappa shape index (κ1) is 12.8. The fraction of sp³-hybridized carbons (Fsp3) is 0.0714. The number of benzene rings is 1. The second-order valence-electron chi connectivity index (χ2n) is 4.35. The molecule has 5 nitrogen and oxygen atoms in total. The van der Waals surface area contributed by atoms with Gasteiger partial charge in [-0.3, -0.25) is 0 Å². The first-order valence-electron chi connectivity index (χ1n) is 5.95. The maximum absolute atomic E-state index is 5.65. The van der Waals surface area contributed by atoms with Gasteiger partial charge >= 0.3 is 0 Å². The molecule has 20 heavy (non-hydrogen) atoms. The predicted octanol–water partition coefficient (Wildman–Crippen LogP) is 3.45. The van der Waals surface area contributed by atoms with Gasteiger partial charge in [0, 0.05) is 21.8 Å². The summed E-state index contributed by atoms with van der Waals surface area (Å²) in [5, 5.41) is 4.02. The first-order chi connectivity index (χ1) is 9.63. The standard InChI is InChI=1S/C14H11BrN4O/c1-8-6-10(15)2-3-11(8)13-18-14(20-19-13)9-4-5-17-12(16)7-9/h2-7H,1H3,(H2,16,17). The normalized spacial score (nSPS) is 10.7. The molecule has 3 rings (SSSR count). The summed E-state index contributed by atoms with van der Waals surface area (Å²) < 4.78 is 6.31. The van der Waals surface area contributed by atoms with E-state index in [1.165, 1.54) is 0 Å². The number of nitrogens with two attached hydrogens (primary N) is 1. The molecule has 0 aliphatic heterocycles. The van der Waals surface area contributed by atoms with Crippen molar-refractivity contribution in [3.63, 3.8) is 0 Å². The van der Waals surface area contributed by atoms with Crippen LogP contribution in [0.2, 0.25) is 0 Å². The van der Waals surface area contributed by atoms with E-state index in [9.17, 15) is 0 Å². The predicted molar refractivity (Wildman–Crippen MR) is 79.8 cm³/mol. The topological polar surface area (TPSA) is 77.8 Å². The molecule has 0 atom stereocenters. The van der Waals surface area contributed by atoms with Crippen molar-refractivity contribution in [1.29, 1.82) is 0 Å². The maximum Gasteiger partial charge on any atom is 0.258 e. The fourth-order valence-corrected chi connectivity index (χ4v) is 2.39. The lowest BCUT2D eigenvalue weighted by Crippen LogP contribution is -1.89. The number of pyridine rings is 1. The molecule has 0 bridgehead atoms. The number of hydrogen-bond acceptors (Lipinski definition) is 5. The highest BCUT2D eigenvalue weighted by Crippen LogP contribution is 2.26. The Morgan fingerprint density at radius 2 is 2.05 bits per heavy atom. The summed E-state index contributed by atoms with van der Waals surface area (Å²) in [6.07, 6.45) is 1.61. The third-order valence-electron chi connectivity index (χ3n) is 2.88. The van der Waals surface area contributed by atoms with Gasteiger partial charge in [0.2, 0.25) is 5.82 Å². The van der Waals surface area contributed by atoms with Crippen LogP contribution in [0.15, 0.2) is 45.5 Å². The third-order valence-corrected chi connectivity index (χ3v) is 3.38. The van der Waals surface area contributed by atoms with E-state index in [-0.39, 0.29) is 0 Å². The number of nitrogen functional groups attached to an aromatic ring is 1. The van der Waals surface area contributed by atoms with Gasteiger partial charge < -0.3 is 10.3 Å². The highest BCUT2D eigenvalue weighted by Gasteiger charge is 2.12. The third kappa shape index (κ3) is 2.42. The van der Waals surface area contributed by atoms with Crippen molar-refractivity contribution in [2.45, 2.75) is 6.92 Å². The molecule has 1 aromatic carbocycles. The highest BCUT2D eigenvalue weighted by atomic mass is 79.9. The highest BCUT2D eigenvalue weighted by molar-refractivity contribution is 9.10. The lowest BCUT2D eigenvalue weighted by atomic mass is 10.1. The minimum Gasteiger partial charge on any atom is -0.384 e. The number of aryl methyl sites for hydroxylation is 1. The van der Waals surface area contributed by atoms with E-state index >= 15 is 0 Å². The molecule has 0 saturated heterocycles. The van der Waals surface area contributed by atoms with Crippen molar-refractivity contribution in [1.82, 2.24) is 15.1 Å². The summed E-state index contributed by atoms with van der Waals surface area (Å²) >= 11 is 3.43. The van der Waals surface area contributed by atoms with E-state index < -0.39 is 0 Å². The Bertz CT molecular complexity index is 769. The van der Waals surface area contributed by atoms with Crippen LogP contribution >= 0.6 is 15.9 Å². The van der Waals surface area contributed by atoms with Crippen LogP contribution in [-0.4, -0.2) is 15.1 Å². The van der Waals surface area contributed by atoms with Crippen molar-refractivity contribution in [3.05, 3.63) is 46.6 Å². The van der Waals surface area contributed by atoms with Gasteiger partial charge in [-0.1, -0.05) is 21.1 Å². The minimum atomic E-state index is 0.419. The number of halogens is 1. The van der Waals surface area contributed by atoms with Gasteiger partial charge in [0.15, 0.2) is 0 Å². The number of aromatic nitrogens is 3. The summed E-state index contributed by atoms with van der Waals surface area (Å²) in [5.41, 5.74) is 8.41. The molecule has 0 aliphatic rings.